The van der Waals surface area contributed by atoms with Crippen LogP contribution in [0.25, 0.3) is 0 Å². The van der Waals surface area contributed by atoms with Gasteiger partial charge in [-0.3, -0.25) is 4.79 Å². The van der Waals surface area contributed by atoms with Crippen molar-refractivity contribution < 1.29 is 19.8 Å². The number of carboxylic acids is 1. The molecule has 0 heterocycles. The van der Waals surface area contributed by atoms with Crippen LogP contribution in [-0.4, -0.2) is 34.1 Å². The van der Waals surface area contributed by atoms with Gasteiger partial charge in [0.1, 0.15) is 0 Å². The van der Waals surface area contributed by atoms with Crippen molar-refractivity contribution in [3.8, 4) is 0 Å². The van der Waals surface area contributed by atoms with Gasteiger partial charge in [0.25, 0.3) is 0 Å². The number of hydrogen-bond acceptors (Lipinski definition) is 4. The third-order valence-corrected chi connectivity index (χ3v) is 1.59. The van der Waals surface area contributed by atoms with Crippen molar-refractivity contribution in [2.24, 2.45) is 5.73 Å². The summed E-state index contributed by atoms with van der Waals surface area (Å²) in [6.45, 7) is 1.14. The van der Waals surface area contributed by atoms with Crippen molar-refractivity contribution in [1.29, 1.82) is 0 Å². The molecule has 12 heavy (non-hydrogen) atoms. The number of hydrogen-bond donors (Lipinski definition) is 3. The number of aliphatic hydroxyl groups is 1. The zero-order valence-electron chi connectivity index (χ0n) is 6.91. The van der Waals surface area contributed by atoms with Crippen molar-refractivity contribution in [3.63, 3.8) is 0 Å². The first-order chi connectivity index (χ1) is 5.49. The fourth-order valence-electron chi connectivity index (χ4n) is 0.754. The second-order valence-electron chi connectivity index (χ2n) is 2.54. The van der Waals surface area contributed by atoms with Crippen LogP contribution in [0.15, 0.2) is 0 Å². The summed E-state index contributed by atoms with van der Waals surface area (Å²) in [5.41, 5.74) is 2.59. The molecule has 0 aromatic carbocycles. The van der Waals surface area contributed by atoms with Crippen LogP contribution in [0.3, 0.4) is 0 Å². The minimum Gasteiger partial charge on any atom is -0.479 e. The third-order valence-electron chi connectivity index (χ3n) is 1.59. The highest BCUT2D eigenvalue weighted by molar-refractivity contribution is 6.06. The molecule has 4 N–H and O–H groups in total. The van der Waals surface area contributed by atoms with E-state index in [1.807, 2.05) is 0 Å². The zero-order chi connectivity index (χ0) is 9.78. The molecule has 0 bridgehead atoms. The van der Waals surface area contributed by atoms with Crippen LogP contribution >= 0.6 is 0 Å². The Kier molecular flexibility index (Phi) is 3.85. The van der Waals surface area contributed by atoms with Gasteiger partial charge in [0.05, 0.1) is 0 Å². The van der Waals surface area contributed by atoms with Gasteiger partial charge in [-0.05, 0) is 6.42 Å². The van der Waals surface area contributed by atoms with Crippen LogP contribution in [-0.2, 0) is 9.59 Å². The lowest BCUT2D eigenvalue weighted by Crippen LogP contribution is -2.52. The summed E-state index contributed by atoms with van der Waals surface area (Å²) in [5, 5.41) is 17.7. The average molecular weight is 175 g/mol. The van der Waals surface area contributed by atoms with Gasteiger partial charge in [0.2, 0.25) is 5.60 Å². The topological polar surface area (TPSA) is 101 Å². The lowest BCUT2D eigenvalue weighted by Gasteiger charge is -2.18. The SMILES string of the molecule is CCCC(=O)C(O)(CN)C(=O)O. The van der Waals surface area contributed by atoms with Gasteiger partial charge in [0.15, 0.2) is 5.78 Å². The molecular weight excluding hydrogens is 162 g/mol. The highest BCUT2D eigenvalue weighted by atomic mass is 16.4. The lowest BCUT2D eigenvalue weighted by molar-refractivity contribution is -0.164. The normalized spacial score (nSPS) is 15.2. The van der Waals surface area contributed by atoms with Gasteiger partial charge >= 0.3 is 5.97 Å². The second kappa shape index (κ2) is 4.18. The molecule has 0 saturated heterocycles. The Morgan fingerprint density at radius 3 is 2.25 bits per heavy atom. The maximum absolute atomic E-state index is 11.0. The maximum atomic E-state index is 11.0. The quantitative estimate of drug-likeness (QED) is 0.471. The predicted octanol–water partition coefficient (Wildman–Crippen LogP) is -0.870. The van der Waals surface area contributed by atoms with Crippen molar-refractivity contribution >= 4 is 11.8 Å². The summed E-state index contributed by atoms with van der Waals surface area (Å²) in [5.74, 6) is -2.32. The van der Waals surface area contributed by atoms with Crippen molar-refractivity contribution in [3.05, 3.63) is 0 Å². The number of carboxylic acid groups (broad SMARTS) is 1. The predicted molar refractivity (Wildman–Crippen MR) is 41.6 cm³/mol. The highest BCUT2D eigenvalue weighted by Gasteiger charge is 2.41. The molecule has 1 unspecified atom stereocenters. The molecule has 0 aromatic rings. The number of rotatable bonds is 5. The molecule has 1 atom stereocenters. The van der Waals surface area contributed by atoms with Crippen LogP contribution in [0.5, 0.6) is 0 Å². The van der Waals surface area contributed by atoms with E-state index in [-0.39, 0.29) is 6.42 Å². The smallest absolute Gasteiger partial charge is 0.344 e. The zero-order valence-corrected chi connectivity index (χ0v) is 6.91. The Hall–Kier alpha value is -0.940. The average Bonchev–Trinajstić information content (AvgIpc) is 2.03. The van der Waals surface area contributed by atoms with E-state index in [1.165, 1.54) is 0 Å². The summed E-state index contributed by atoms with van der Waals surface area (Å²) in [6.07, 6.45) is 0.522. The van der Waals surface area contributed by atoms with E-state index in [0.717, 1.165) is 0 Å². The Labute approximate surface area is 70.2 Å². The fraction of sp³-hybridized carbons (Fsp3) is 0.714. The van der Waals surface area contributed by atoms with Gasteiger partial charge in [-0.1, -0.05) is 6.92 Å². The minimum atomic E-state index is -2.39. The van der Waals surface area contributed by atoms with Gasteiger partial charge in [-0.2, -0.15) is 0 Å². The van der Waals surface area contributed by atoms with Crippen molar-refractivity contribution in [2.75, 3.05) is 6.54 Å². The van der Waals surface area contributed by atoms with Crippen LogP contribution in [0, 0.1) is 0 Å². The molecular formula is C7H13NO4. The first kappa shape index (κ1) is 11.1. The first-order valence-electron chi connectivity index (χ1n) is 3.68. The third kappa shape index (κ3) is 2.02. The molecule has 70 valence electrons. The van der Waals surface area contributed by atoms with E-state index >= 15 is 0 Å². The first-order valence-corrected chi connectivity index (χ1v) is 3.68. The fourth-order valence-corrected chi connectivity index (χ4v) is 0.754. The van der Waals surface area contributed by atoms with Crippen LogP contribution in [0.1, 0.15) is 19.8 Å². The van der Waals surface area contributed by atoms with E-state index in [2.05, 4.69) is 0 Å². The Morgan fingerprint density at radius 2 is 2.00 bits per heavy atom. The molecule has 5 nitrogen and oxygen atoms in total. The lowest BCUT2D eigenvalue weighted by atomic mass is 9.95. The van der Waals surface area contributed by atoms with E-state index in [4.69, 9.17) is 10.8 Å². The van der Waals surface area contributed by atoms with E-state index in [9.17, 15) is 14.7 Å². The maximum Gasteiger partial charge on any atom is 0.344 e. The van der Waals surface area contributed by atoms with E-state index in [0.29, 0.717) is 6.42 Å². The summed E-state index contributed by atoms with van der Waals surface area (Å²) >= 11 is 0. The molecule has 0 spiro atoms. The van der Waals surface area contributed by atoms with Crippen molar-refractivity contribution in [2.45, 2.75) is 25.4 Å². The van der Waals surface area contributed by atoms with E-state index in [1.54, 1.807) is 6.92 Å². The molecule has 0 aromatic heterocycles. The molecule has 0 rings (SSSR count). The summed E-state index contributed by atoms with van der Waals surface area (Å²) in [7, 11) is 0. The van der Waals surface area contributed by atoms with Gasteiger partial charge < -0.3 is 15.9 Å². The van der Waals surface area contributed by atoms with Gasteiger partial charge in [0, 0.05) is 13.0 Å². The molecule has 5 heteroatoms. The molecule has 0 saturated carbocycles. The molecule has 0 aliphatic carbocycles. The molecule has 0 radical (unpaired) electrons. The Bertz CT molecular complexity index is 192. The summed E-state index contributed by atoms with van der Waals surface area (Å²) in [4.78, 5) is 21.4. The largest absolute Gasteiger partial charge is 0.479 e. The molecule has 0 aliphatic rings. The van der Waals surface area contributed by atoms with Crippen LogP contribution in [0.4, 0.5) is 0 Å². The number of carbonyl (C=O) groups is 2. The second-order valence-corrected chi connectivity index (χ2v) is 2.54. The molecule has 0 amide bonds. The Morgan fingerprint density at radius 1 is 1.50 bits per heavy atom. The van der Waals surface area contributed by atoms with Crippen LogP contribution < -0.4 is 5.73 Å². The van der Waals surface area contributed by atoms with Crippen molar-refractivity contribution in [1.82, 2.24) is 0 Å². The van der Waals surface area contributed by atoms with Gasteiger partial charge in [-0.15, -0.1) is 0 Å². The molecule has 0 aliphatic heterocycles. The number of ketones is 1. The highest BCUT2D eigenvalue weighted by Crippen LogP contribution is 2.08. The monoisotopic (exact) mass is 175 g/mol. The number of carbonyl (C=O) groups excluding carboxylic acids is 1. The number of nitrogens with two attached hydrogens (primary N) is 1. The van der Waals surface area contributed by atoms with E-state index < -0.39 is 23.9 Å². The summed E-state index contributed by atoms with van der Waals surface area (Å²) < 4.78 is 0. The minimum absolute atomic E-state index is 0.0278. The number of aliphatic carboxylic acids is 1. The number of Topliss-reactive ketones (excluding diaryl/α,β-unsaturated/α-hetero) is 1. The molecule has 0 fully saturated rings. The van der Waals surface area contributed by atoms with Gasteiger partial charge in [-0.25, -0.2) is 4.79 Å². The summed E-state index contributed by atoms with van der Waals surface area (Å²) in [6, 6.07) is 0. The standard InChI is InChI=1S/C7H13NO4/c1-2-3-5(9)7(12,4-8)6(10)11/h12H,2-4,8H2,1H3,(H,10,11). The van der Waals surface area contributed by atoms with Crippen LogP contribution in [0.2, 0.25) is 0 Å². The Balaban J connectivity index is 4.52.